The Morgan fingerprint density at radius 1 is 1.08 bits per heavy atom. The minimum atomic E-state index is -5.00. The van der Waals surface area contributed by atoms with Crippen LogP contribution < -0.4 is 4.74 Å². The molecule has 0 heterocycles. The number of ether oxygens (including phenoxy) is 1. The van der Waals surface area contributed by atoms with Crippen LogP contribution in [0.2, 0.25) is 18.1 Å². The molecule has 0 aliphatic rings. The number of alkyl halides is 3. The van der Waals surface area contributed by atoms with Gasteiger partial charge < -0.3 is 14.3 Å². The van der Waals surface area contributed by atoms with Gasteiger partial charge in [-0.1, -0.05) is 20.8 Å². The van der Waals surface area contributed by atoms with Gasteiger partial charge in [0.1, 0.15) is 5.75 Å². The average Bonchev–Trinajstić information content (AvgIpc) is 2.51. The summed E-state index contributed by atoms with van der Waals surface area (Å²) in [7, 11) is -1.36. The number of ketones is 1. The fraction of sp³-hybridized carbons (Fsp3) is 0.611. The third-order valence-corrected chi connectivity index (χ3v) is 9.45. The highest BCUT2D eigenvalue weighted by Gasteiger charge is 2.58. The van der Waals surface area contributed by atoms with E-state index in [0.29, 0.717) is 5.75 Å². The molecule has 0 unspecified atom stereocenters. The first-order valence-corrected chi connectivity index (χ1v) is 11.1. The van der Waals surface area contributed by atoms with E-state index in [4.69, 9.17) is 9.16 Å². The van der Waals surface area contributed by atoms with Crippen LogP contribution in [0.5, 0.6) is 5.75 Å². The lowest BCUT2D eigenvalue weighted by Gasteiger charge is -2.45. The van der Waals surface area contributed by atoms with Crippen molar-refractivity contribution in [1.29, 1.82) is 0 Å². The van der Waals surface area contributed by atoms with Gasteiger partial charge in [-0.05, 0) is 49.3 Å². The zero-order chi connectivity index (χ0) is 20.6. The lowest BCUT2D eigenvalue weighted by Crippen LogP contribution is -2.61. The summed E-state index contributed by atoms with van der Waals surface area (Å²) < 4.78 is 50.8. The maximum Gasteiger partial charge on any atom is 0.417 e. The molecule has 0 bridgehead atoms. The predicted molar refractivity (Wildman–Crippen MR) is 96.1 cm³/mol. The van der Waals surface area contributed by atoms with E-state index < -0.39 is 37.0 Å². The van der Waals surface area contributed by atoms with Crippen LogP contribution in [0.15, 0.2) is 24.3 Å². The standard InChI is InChI=1S/C18H27F3O4Si/c1-16(2,3)26(6,7)25-17(4,15(23)18(19,20)21)14(22)12-8-10-13(24-5)11-9-12/h8-11,15,23H,1-7H3/t15-,17+/m1/s1. The van der Waals surface area contributed by atoms with Gasteiger partial charge in [0.05, 0.1) is 7.11 Å². The molecule has 1 aromatic carbocycles. The highest BCUT2D eigenvalue weighted by Crippen LogP contribution is 2.43. The molecule has 148 valence electrons. The van der Waals surface area contributed by atoms with Crippen LogP contribution in [-0.4, -0.2) is 44.2 Å². The summed E-state index contributed by atoms with van der Waals surface area (Å²) in [5.74, 6) is -0.459. The molecule has 8 heteroatoms. The first kappa shape index (κ1) is 22.7. The van der Waals surface area contributed by atoms with Crippen LogP contribution in [0.25, 0.3) is 0 Å². The van der Waals surface area contributed by atoms with Crippen molar-refractivity contribution < 1.29 is 32.2 Å². The highest BCUT2D eigenvalue weighted by molar-refractivity contribution is 6.74. The number of aliphatic hydroxyl groups excluding tert-OH is 1. The summed E-state index contributed by atoms with van der Waals surface area (Å²) in [5, 5.41) is 9.55. The Bertz CT molecular complexity index is 635. The SMILES string of the molecule is COc1ccc(C(=O)[C@](C)(O[Si](C)(C)C(C)(C)C)[C@@H](O)C(F)(F)F)cc1. The molecule has 0 aliphatic carbocycles. The summed E-state index contributed by atoms with van der Waals surface area (Å²) in [6, 6.07) is 5.66. The number of methoxy groups -OCH3 is 1. The van der Waals surface area contributed by atoms with Crippen LogP contribution in [-0.2, 0) is 4.43 Å². The molecule has 0 aliphatic heterocycles. The topological polar surface area (TPSA) is 55.8 Å². The quantitative estimate of drug-likeness (QED) is 0.569. The minimum absolute atomic E-state index is 0.00955. The molecule has 0 saturated heterocycles. The summed E-state index contributed by atoms with van der Waals surface area (Å²) >= 11 is 0. The van der Waals surface area contributed by atoms with Gasteiger partial charge in [-0.2, -0.15) is 13.2 Å². The largest absolute Gasteiger partial charge is 0.497 e. The van der Waals surface area contributed by atoms with Crippen LogP contribution in [0.4, 0.5) is 13.2 Å². The summed E-state index contributed by atoms with van der Waals surface area (Å²) in [6.07, 6.45) is -7.95. The zero-order valence-corrected chi connectivity index (χ0v) is 17.2. The number of hydrogen-bond acceptors (Lipinski definition) is 4. The molecule has 0 fully saturated rings. The van der Waals surface area contributed by atoms with Gasteiger partial charge in [0, 0.05) is 5.56 Å². The number of benzene rings is 1. The van der Waals surface area contributed by atoms with Crippen molar-refractivity contribution in [3.05, 3.63) is 29.8 Å². The molecule has 0 radical (unpaired) electrons. The maximum absolute atomic E-state index is 13.3. The van der Waals surface area contributed by atoms with Crippen LogP contribution >= 0.6 is 0 Å². The molecule has 1 aromatic rings. The Hall–Kier alpha value is -1.38. The normalized spacial score (nSPS) is 16.7. The average molecular weight is 392 g/mol. The summed E-state index contributed by atoms with van der Waals surface area (Å²) in [6.45, 7) is 10.0. The predicted octanol–water partition coefficient (Wildman–Crippen LogP) is 4.58. The van der Waals surface area contributed by atoms with Crippen LogP contribution in [0.1, 0.15) is 38.1 Å². The van der Waals surface area contributed by atoms with Gasteiger partial charge in [-0.25, -0.2) is 0 Å². The molecule has 26 heavy (non-hydrogen) atoms. The van der Waals surface area contributed by atoms with E-state index in [1.807, 2.05) is 20.8 Å². The Balaban J connectivity index is 3.42. The molecule has 0 aromatic heterocycles. The summed E-state index contributed by atoms with van der Waals surface area (Å²) in [4.78, 5) is 13.0. The van der Waals surface area contributed by atoms with Crippen molar-refractivity contribution in [2.75, 3.05) is 7.11 Å². The van der Waals surface area contributed by atoms with E-state index in [1.54, 1.807) is 13.1 Å². The van der Waals surface area contributed by atoms with Crippen molar-refractivity contribution in [2.24, 2.45) is 0 Å². The van der Waals surface area contributed by atoms with E-state index >= 15 is 0 Å². The second kappa shape index (κ2) is 7.32. The van der Waals surface area contributed by atoms with Crippen LogP contribution in [0, 0.1) is 0 Å². The van der Waals surface area contributed by atoms with E-state index in [9.17, 15) is 23.1 Å². The van der Waals surface area contributed by atoms with E-state index in [1.165, 1.54) is 31.4 Å². The fourth-order valence-electron chi connectivity index (χ4n) is 2.25. The molecule has 2 atom stereocenters. The molecule has 4 nitrogen and oxygen atoms in total. The van der Waals surface area contributed by atoms with Crippen molar-refractivity contribution in [1.82, 2.24) is 0 Å². The smallest absolute Gasteiger partial charge is 0.417 e. The molecule has 0 saturated carbocycles. The molecular weight excluding hydrogens is 365 g/mol. The second-order valence-corrected chi connectivity index (χ2v) is 12.7. The molecular formula is C18H27F3O4Si. The number of carbonyl (C=O) groups excluding carboxylic acids is 1. The first-order valence-electron chi connectivity index (χ1n) is 8.20. The number of halogens is 3. The Labute approximate surface area is 153 Å². The number of carbonyl (C=O) groups is 1. The van der Waals surface area contributed by atoms with Crippen LogP contribution in [0.3, 0.4) is 0 Å². The number of rotatable bonds is 6. The van der Waals surface area contributed by atoms with Gasteiger partial charge in [-0.3, -0.25) is 4.79 Å². The van der Waals surface area contributed by atoms with E-state index in [-0.39, 0.29) is 5.56 Å². The molecule has 1 rings (SSSR count). The van der Waals surface area contributed by atoms with Gasteiger partial charge in [0.2, 0.25) is 0 Å². The number of aliphatic hydroxyl groups is 1. The van der Waals surface area contributed by atoms with Gasteiger partial charge in [-0.15, -0.1) is 0 Å². The maximum atomic E-state index is 13.3. The zero-order valence-electron chi connectivity index (χ0n) is 16.2. The minimum Gasteiger partial charge on any atom is -0.497 e. The third kappa shape index (κ3) is 4.66. The van der Waals surface area contributed by atoms with Crippen molar-refractivity contribution in [3.8, 4) is 5.75 Å². The van der Waals surface area contributed by atoms with Crippen molar-refractivity contribution in [3.63, 3.8) is 0 Å². The third-order valence-electron chi connectivity index (χ3n) is 4.91. The van der Waals surface area contributed by atoms with Crippen molar-refractivity contribution in [2.45, 2.75) is 63.7 Å². The number of Topliss-reactive ketones (excluding diaryl/α,β-unsaturated/α-hetero) is 1. The summed E-state index contributed by atoms with van der Waals surface area (Å²) in [5.41, 5.74) is -2.44. The fourth-order valence-corrected chi connectivity index (χ4v) is 3.82. The Kier molecular flexibility index (Phi) is 6.38. The lowest BCUT2D eigenvalue weighted by molar-refractivity contribution is -0.239. The Morgan fingerprint density at radius 2 is 1.54 bits per heavy atom. The van der Waals surface area contributed by atoms with E-state index in [0.717, 1.165) is 6.92 Å². The second-order valence-electron chi connectivity index (χ2n) is 7.97. The molecule has 0 amide bonds. The van der Waals surface area contributed by atoms with E-state index in [2.05, 4.69) is 0 Å². The molecule has 1 N–H and O–H groups in total. The van der Waals surface area contributed by atoms with Gasteiger partial charge in [0.25, 0.3) is 0 Å². The van der Waals surface area contributed by atoms with Crippen molar-refractivity contribution >= 4 is 14.1 Å². The number of hydrogen-bond donors (Lipinski definition) is 1. The molecule has 0 spiro atoms. The monoisotopic (exact) mass is 392 g/mol. The lowest BCUT2D eigenvalue weighted by atomic mass is 9.89. The van der Waals surface area contributed by atoms with Gasteiger partial charge >= 0.3 is 6.18 Å². The van der Waals surface area contributed by atoms with Gasteiger partial charge in [0.15, 0.2) is 25.8 Å². The Morgan fingerprint density at radius 3 is 1.88 bits per heavy atom. The highest BCUT2D eigenvalue weighted by atomic mass is 28.4. The first-order chi connectivity index (χ1) is 11.6.